The molecule has 0 fully saturated rings. The zero-order valence-electron chi connectivity index (χ0n) is 12.8. The van der Waals surface area contributed by atoms with Gasteiger partial charge < -0.3 is 10.1 Å². The summed E-state index contributed by atoms with van der Waals surface area (Å²) in [6, 6.07) is 10.1. The van der Waals surface area contributed by atoms with Gasteiger partial charge in [0.1, 0.15) is 11.3 Å². The Labute approximate surface area is 162 Å². The number of carbonyl (C=O) groups is 1. The van der Waals surface area contributed by atoms with Crippen molar-refractivity contribution in [3.63, 3.8) is 0 Å². The minimum absolute atomic E-state index is 0.311. The number of hydrogen-bond acceptors (Lipinski definition) is 6. The lowest BCUT2D eigenvalue weighted by molar-refractivity contribution is 0.102. The van der Waals surface area contributed by atoms with Gasteiger partial charge in [-0.15, -0.1) is 10.2 Å². The molecule has 3 rings (SSSR count). The molecule has 9 heteroatoms. The quantitative estimate of drug-likeness (QED) is 0.620. The molecule has 0 bridgehead atoms. The van der Waals surface area contributed by atoms with E-state index in [1.54, 1.807) is 35.8 Å². The molecule has 5 nitrogen and oxygen atoms in total. The standard InChI is InChI=1S/C16H11Cl2N3O2S2/c1-23-13-6-9(17)2-4-11(13)15(22)20-10-3-5-14(12(18)7-10)25-16-21-19-8-24-16/h2-8H,1H3,(H,20,22). The Morgan fingerprint density at radius 3 is 2.76 bits per heavy atom. The Balaban J connectivity index is 1.77. The minimum atomic E-state index is -0.311. The van der Waals surface area contributed by atoms with Crippen molar-refractivity contribution in [2.45, 2.75) is 9.24 Å². The molecule has 128 valence electrons. The summed E-state index contributed by atoms with van der Waals surface area (Å²) in [5.74, 6) is 0.0913. The first kappa shape index (κ1) is 18.0. The van der Waals surface area contributed by atoms with E-state index >= 15 is 0 Å². The average molecular weight is 412 g/mol. The van der Waals surface area contributed by atoms with Gasteiger partial charge in [0, 0.05) is 15.6 Å². The van der Waals surface area contributed by atoms with Gasteiger partial charge in [-0.2, -0.15) is 0 Å². The Morgan fingerprint density at radius 1 is 1.24 bits per heavy atom. The maximum Gasteiger partial charge on any atom is 0.259 e. The number of amides is 1. The van der Waals surface area contributed by atoms with Gasteiger partial charge in [-0.05, 0) is 36.4 Å². The first-order valence-corrected chi connectivity index (χ1v) is 9.40. The molecule has 1 heterocycles. The van der Waals surface area contributed by atoms with Crippen LogP contribution in [0.15, 0.2) is 51.1 Å². The number of methoxy groups -OCH3 is 1. The zero-order chi connectivity index (χ0) is 17.8. The van der Waals surface area contributed by atoms with Crippen molar-refractivity contribution in [1.82, 2.24) is 10.2 Å². The van der Waals surface area contributed by atoms with Crippen LogP contribution < -0.4 is 10.1 Å². The summed E-state index contributed by atoms with van der Waals surface area (Å²) in [6.45, 7) is 0. The highest BCUT2D eigenvalue weighted by Gasteiger charge is 2.14. The molecule has 0 aliphatic carbocycles. The second-order valence-electron chi connectivity index (χ2n) is 4.75. The fourth-order valence-corrected chi connectivity index (χ4v) is 3.91. The maximum atomic E-state index is 12.5. The molecule has 0 spiro atoms. The molecule has 0 saturated heterocycles. The summed E-state index contributed by atoms with van der Waals surface area (Å²) in [5.41, 5.74) is 2.62. The van der Waals surface area contributed by atoms with Crippen molar-refractivity contribution in [1.29, 1.82) is 0 Å². The zero-order valence-corrected chi connectivity index (χ0v) is 16.0. The molecule has 0 saturated carbocycles. The lowest BCUT2D eigenvalue weighted by Crippen LogP contribution is -2.13. The van der Waals surface area contributed by atoms with Crippen molar-refractivity contribution < 1.29 is 9.53 Å². The molecule has 0 aliphatic heterocycles. The second kappa shape index (κ2) is 8.05. The largest absolute Gasteiger partial charge is 0.496 e. The van der Waals surface area contributed by atoms with Gasteiger partial charge in [0.05, 0.1) is 17.7 Å². The monoisotopic (exact) mass is 411 g/mol. The summed E-state index contributed by atoms with van der Waals surface area (Å²) in [6.07, 6.45) is 0. The first-order valence-electron chi connectivity index (χ1n) is 6.95. The van der Waals surface area contributed by atoms with E-state index in [4.69, 9.17) is 27.9 Å². The van der Waals surface area contributed by atoms with E-state index in [-0.39, 0.29) is 5.91 Å². The van der Waals surface area contributed by atoms with Crippen LogP contribution >= 0.6 is 46.3 Å². The van der Waals surface area contributed by atoms with E-state index in [9.17, 15) is 4.79 Å². The van der Waals surface area contributed by atoms with Crippen molar-refractivity contribution >= 4 is 57.9 Å². The Hall–Kier alpha value is -1.80. The Kier molecular flexibility index (Phi) is 5.80. The van der Waals surface area contributed by atoms with E-state index in [2.05, 4.69) is 15.5 Å². The number of aromatic nitrogens is 2. The molecule has 0 radical (unpaired) electrons. The lowest BCUT2D eigenvalue weighted by atomic mass is 10.2. The fourth-order valence-electron chi connectivity index (χ4n) is 2.01. The number of nitrogens with zero attached hydrogens (tertiary/aromatic N) is 2. The highest BCUT2D eigenvalue weighted by Crippen LogP contribution is 2.35. The number of carbonyl (C=O) groups excluding carboxylic acids is 1. The smallest absolute Gasteiger partial charge is 0.259 e. The molecule has 3 aromatic rings. The van der Waals surface area contributed by atoms with E-state index in [0.717, 1.165) is 9.24 Å². The van der Waals surface area contributed by atoms with Crippen molar-refractivity contribution in [2.24, 2.45) is 0 Å². The van der Waals surface area contributed by atoms with Crippen LogP contribution in [0.3, 0.4) is 0 Å². The molecular formula is C16H11Cl2N3O2S2. The van der Waals surface area contributed by atoms with E-state index in [1.165, 1.54) is 30.2 Å². The normalized spacial score (nSPS) is 10.5. The van der Waals surface area contributed by atoms with E-state index in [0.29, 0.717) is 27.0 Å². The summed E-state index contributed by atoms with van der Waals surface area (Å²) < 4.78 is 6.00. The topological polar surface area (TPSA) is 64.1 Å². The lowest BCUT2D eigenvalue weighted by Gasteiger charge is -2.11. The number of anilines is 1. The van der Waals surface area contributed by atoms with Crippen LogP contribution in [0.2, 0.25) is 10.0 Å². The summed E-state index contributed by atoms with van der Waals surface area (Å²) in [7, 11) is 1.48. The Morgan fingerprint density at radius 2 is 2.08 bits per heavy atom. The predicted molar refractivity (Wildman–Crippen MR) is 101 cm³/mol. The molecule has 2 aromatic carbocycles. The molecule has 0 aliphatic rings. The molecule has 0 atom stereocenters. The molecular weight excluding hydrogens is 401 g/mol. The van der Waals surface area contributed by atoms with Crippen LogP contribution in [0, 0.1) is 0 Å². The molecule has 1 amide bonds. The van der Waals surface area contributed by atoms with Crippen molar-refractivity contribution in [2.75, 3.05) is 12.4 Å². The van der Waals surface area contributed by atoms with Gasteiger partial charge in [0.25, 0.3) is 5.91 Å². The van der Waals surface area contributed by atoms with Gasteiger partial charge in [-0.25, -0.2) is 0 Å². The Bertz CT molecular complexity index is 904. The average Bonchev–Trinajstić information content (AvgIpc) is 3.10. The van der Waals surface area contributed by atoms with Crippen LogP contribution in [0.5, 0.6) is 5.75 Å². The van der Waals surface area contributed by atoms with Crippen LogP contribution in [0.25, 0.3) is 0 Å². The molecule has 0 unspecified atom stereocenters. The number of benzene rings is 2. The maximum absolute atomic E-state index is 12.5. The number of halogens is 2. The third kappa shape index (κ3) is 4.43. The van der Waals surface area contributed by atoms with Gasteiger partial charge in [-0.1, -0.05) is 46.3 Å². The molecule has 1 N–H and O–H groups in total. The van der Waals surface area contributed by atoms with Crippen LogP contribution in [0.4, 0.5) is 5.69 Å². The highest BCUT2D eigenvalue weighted by molar-refractivity contribution is 8.01. The van der Waals surface area contributed by atoms with Gasteiger partial charge in [0.2, 0.25) is 0 Å². The van der Waals surface area contributed by atoms with Crippen LogP contribution in [-0.2, 0) is 0 Å². The number of ether oxygens (including phenoxy) is 1. The van der Waals surface area contributed by atoms with Gasteiger partial charge in [0.15, 0.2) is 4.34 Å². The highest BCUT2D eigenvalue weighted by atomic mass is 35.5. The molecule has 25 heavy (non-hydrogen) atoms. The second-order valence-corrected chi connectivity index (χ2v) is 7.72. The van der Waals surface area contributed by atoms with E-state index in [1.807, 2.05) is 6.07 Å². The van der Waals surface area contributed by atoms with Crippen molar-refractivity contribution in [3.8, 4) is 5.75 Å². The van der Waals surface area contributed by atoms with Crippen LogP contribution in [-0.4, -0.2) is 23.2 Å². The third-order valence-corrected chi connectivity index (χ3v) is 5.65. The molecule has 1 aromatic heterocycles. The number of hydrogen-bond donors (Lipinski definition) is 1. The SMILES string of the molecule is COc1cc(Cl)ccc1C(=O)Nc1ccc(Sc2nncs2)c(Cl)c1. The van der Waals surface area contributed by atoms with Gasteiger partial charge in [-0.3, -0.25) is 4.79 Å². The predicted octanol–water partition coefficient (Wildman–Crippen LogP) is 5.26. The number of rotatable bonds is 5. The minimum Gasteiger partial charge on any atom is -0.496 e. The number of nitrogens with one attached hydrogen (secondary N) is 1. The summed E-state index contributed by atoms with van der Waals surface area (Å²) in [5, 5.41) is 11.6. The van der Waals surface area contributed by atoms with E-state index < -0.39 is 0 Å². The fraction of sp³-hybridized carbons (Fsp3) is 0.0625. The van der Waals surface area contributed by atoms with Crippen LogP contribution in [0.1, 0.15) is 10.4 Å². The first-order chi connectivity index (χ1) is 12.1. The van der Waals surface area contributed by atoms with Gasteiger partial charge >= 0.3 is 0 Å². The summed E-state index contributed by atoms with van der Waals surface area (Å²) in [4.78, 5) is 13.3. The van der Waals surface area contributed by atoms with Crippen molar-refractivity contribution in [3.05, 3.63) is 57.5 Å². The summed E-state index contributed by atoms with van der Waals surface area (Å²) >= 11 is 15.1. The third-order valence-electron chi connectivity index (χ3n) is 3.14.